The van der Waals surface area contributed by atoms with Crippen molar-refractivity contribution in [3.05, 3.63) is 264 Å². The average molecular weight is 1260 g/mol. The number of benzene rings is 6. The summed E-state index contributed by atoms with van der Waals surface area (Å²) in [7, 11) is 3.36. The topological polar surface area (TPSA) is 126 Å². The van der Waals surface area contributed by atoms with E-state index in [0.29, 0.717) is 22.4 Å². The van der Waals surface area contributed by atoms with Crippen molar-refractivity contribution in [3.63, 3.8) is 0 Å². The first kappa shape index (κ1) is 57.1. The second kappa shape index (κ2) is 24.2. The molecule has 10 nitrogen and oxygen atoms in total. The van der Waals surface area contributed by atoms with E-state index in [1.165, 1.54) is 0 Å². The number of aromatic nitrogens is 8. The van der Waals surface area contributed by atoms with Crippen LogP contribution >= 0.6 is 0 Å². The molecule has 6 aromatic carbocycles. The van der Waals surface area contributed by atoms with Crippen molar-refractivity contribution in [2.24, 2.45) is 0 Å². The van der Waals surface area contributed by atoms with E-state index in [9.17, 15) is 0 Å². The molecule has 0 saturated heterocycles. The summed E-state index contributed by atoms with van der Waals surface area (Å²) in [6.45, 7) is 0. The third kappa shape index (κ3) is 10.3. The smallest absolute Gasteiger partial charge is 0.657 e. The molecule has 90 heavy (non-hydrogen) atoms. The molecular weight excluding hydrogens is 1210 g/mol. The van der Waals surface area contributed by atoms with Gasteiger partial charge in [0.05, 0.1) is 59.8 Å². The van der Waals surface area contributed by atoms with Gasteiger partial charge < -0.3 is 29.4 Å². The van der Waals surface area contributed by atoms with Crippen molar-refractivity contribution in [3.8, 4) is 89.4 Å². The first-order chi connectivity index (χ1) is 43.5. The van der Waals surface area contributed by atoms with Gasteiger partial charge in [-0.15, -0.1) is 44.1 Å². The molecule has 6 aromatic heterocycles. The van der Waals surface area contributed by atoms with Crippen molar-refractivity contribution in [2.75, 3.05) is 14.2 Å². The number of ether oxygens (including phenoxy) is 2. The zero-order chi connectivity index (χ0) is 58.7. The minimum absolute atomic E-state index is 0. The van der Waals surface area contributed by atoms with Crippen molar-refractivity contribution < 1.29 is 48.4 Å². The fourth-order valence-corrected chi connectivity index (χ4v) is 12.4. The maximum atomic E-state index is 5.71. The van der Waals surface area contributed by atoms with Crippen LogP contribution in [0, 0.1) is 0 Å². The first-order valence-electron chi connectivity index (χ1n) is 29.1. The summed E-state index contributed by atoms with van der Waals surface area (Å²) in [6, 6.07) is 74.3. The summed E-state index contributed by atoms with van der Waals surface area (Å²) >= 11 is 0. The largest absolute Gasteiger partial charge is 2.00 e. The Morgan fingerprint density at radius 1 is 0.211 bits per heavy atom. The van der Waals surface area contributed by atoms with Gasteiger partial charge in [-0.25, -0.2) is 19.9 Å². The Morgan fingerprint density at radius 2 is 0.389 bits per heavy atom. The molecule has 0 radical (unpaired) electrons. The maximum Gasteiger partial charge on any atom is 2.00 e. The Hall–Kier alpha value is -10.6. The molecule has 0 aliphatic carbocycles. The fraction of sp³-hybridized carbons (Fsp3) is 0.0256. The van der Waals surface area contributed by atoms with E-state index in [-0.39, 0.29) is 39.0 Å². The van der Waals surface area contributed by atoms with Gasteiger partial charge in [-0.2, -0.15) is 0 Å². The maximum absolute atomic E-state index is 5.71. The van der Waals surface area contributed by atoms with Gasteiger partial charge >= 0.3 is 39.0 Å². The monoisotopic (exact) mass is 1260 g/mol. The number of hydrogen-bond acceptors (Lipinski definition) is 6. The van der Waals surface area contributed by atoms with Crippen LogP contribution in [0.3, 0.4) is 0 Å². The quantitative estimate of drug-likeness (QED) is 0.129. The molecule has 12 aromatic rings. The standard InChI is InChI=1S/C78H50N8O2.2Zn/c1-87-53-27-23-51(24-28-53)75-63-35-31-55(79-63)71(47-15-7-3-8-16-47)59-39-43-67(83-59)77(68-44-40-60(84-68)72(48-17-9-4-10-18-48)56-32-36-64(75)80-56)78-69-45-41-61(85-69)73(49-19-11-5-12-20-49)57-33-37-65(81-57)76(52-25-29-54(88-2)30-26-52)66-38-34-58(82-66)74(50-21-13-6-14-22-50)62-42-46-70(78)86-62;;/h3-46H,1-2H3;;/q-4;2*+2. The van der Waals surface area contributed by atoms with Crippen molar-refractivity contribution in [2.45, 2.75) is 0 Å². The first-order valence-corrected chi connectivity index (χ1v) is 29.1. The molecule has 4 aliphatic heterocycles. The Balaban J connectivity index is 0.00000354. The van der Waals surface area contributed by atoms with Gasteiger partial charge in [0.1, 0.15) is 11.5 Å². The summed E-state index contributed by atoms with van der Waals surface area (Å²) in [5, 5.41) is 0. The Bertz CT molecular complexity index is 4850. The predicted molar refractivity (Wildman–Crippen MR) is 358 cm³/mol. The molecule has 0 atom stereocenters. The Morgan fingerprint density at radius 3 is 0.589 bits per heavy atom. The van der Waals surface area contributed by atoms with Gasteiger partial charge in [-0.3, -0.25) is 0 Å². The zero-order valence-electron chi connectivity index (χ0n) is 49.2. The van der Waals surface area contributed by atoms with Crippen molar-refractivity contribution in [1.29, 1.82) is 0 Å². The third-order valence-corrected chi connectivity index (χ3v) is 16.5. The van der Waals surface area contributed by atoms with Gasteiger partial charge in [-0.1, -0.05) is 194 Å². The summed E-state index contributed by atoms with van der Waals surface area (Å²) in [5.74, 6) is 1.52. The molecule has 0 fully saturated rings. The summed E-state index contributed by atoms with van der Waals surface area (Å²) < 4.78 is 11.2. The van der Waals surface area contributed by atoms with Crippen molar-refractivity contribution in [1.82, 2.24) is 39.9 Å². The predicted octanol–water partition coefficient (Wildman–Crippen LogP) is 17.8. The van der Waals surface area contributed by atoms with Gasteiger partial charge in [0, 0.05) is 0 Å². The van der Waals surface area contributed by atoms with E-state index in [1.54, 1.807) is 14.2 Å². The van der Waals surface area contributed by atoms with Crippen LogP contribution in [0.15, 0.2) is 218 Å². The molecule has 0 N–H and O–H groups in total. The fourth-order valence-electron chi connectivity index (χ4n) is 12.4. The van der Waals surface area contributed by atoms with Gasteiger partial charge in [0.15, 0.2) is 0 Å². The van der Waals surface area contributed by atoms with Crippen LogP contribution < -0.4 is 29.4 Å². The summed E-state index contributed by atoms with van der Waals surface area (Å²) in [6.07, 6.45) is 16.7. The summed E-state index contributed by atoms with van der Waals surface area (Å²) in [4.78, 5) is 44.9. The van der Waals surface area contributed by atoms with Crippen molar-refractivity contribution >= 4 is 92.7 Å². The number of fused-ring (bicyclic) bond motifs is 16. The van der Waals surface area contributed by atoms with E-state index in [2.05, 4.69) is 218 Å². The zero-order valence-corrected chi connectivity index (χ0v) is 55.1. The molecule has 0 spiro atoms. The van der Waals surface area contributed by atoms with E-state index < -0.39 is 0 Å². The number of nitrogens with zero attached hydrogens (tertiary/aromatic N) is 8. The minimum Gasteiger partial charge on any atom is -0.657 e. The molecule has 0 saturated carbocycles. The number of methoxy groups -OCH3 is 2. The van der Waals surface area contributed by atoms with Gasteiger partial charge in [-0.05, 0) is 151 Å². The van der Waals surface area contributed by atoms with Crippen LogP contribution in [0.4, 0.5) is 0 Å². The Kier molecular flexibility index (Phi) is 15.3. The molecule has 418 valence electrons. The van der Waals surface area contributed by atoms with Crippen LogP contribution in [-0.4, -0.2) is 34.2 Å². The molecule has 16 rings (SSSR count). The average Bonchev–Trinajstić information content (AvgIpc) is 1.67. The SMILES string of the molecule is COc1ccc(-c2c3nc(c(-c4ccccc4)c4ccc([n-]4)c(-c4c5nc(c(-c6ccccc6)c6ccc([n-]6)c(-c6ccc(OC)cc6)c6nc(c(-c7ccccc7)c7ccc4[n-]7)C=C6)C=C5)c4nc(c(-c5ccccc5)c5ccc2[n-]5)C=C4)C=C3)cc1.[Zn+2].[Zn+2]. The van der Waals surface area contributed by atoms with Crippen LogP contribution in [0.5, 0.6) is 11.5 Å². The van der Waals surface area contributed by atoms with Crippen LogP contribution in [-0.2, 0) is 39.0 Å². The van der Waals surface area contributed by atoms with Crippen LogP contribution in [0.2, 0.25) is 0 Å². The number of hydrogen-bond donors (Lipinski definition) is 0. The number of rotatable bonds is 9. The molecular formula is C78H50N8O2Zn2. The van der Waals surface area contributed by atoms with E-state index in [0.717, 1.165) is 157 Å². The van der Waals surface area contributed by atoms with Crippen LogP contribution in [0.25, 0.3) is 171 Å². The van der Waals surface area contributed by atoms with Crippen LogP contribution in [0.1, 0.15) is 45.6 Å². The molecule has 0 unspecified atom stereocenters. The molecule has 12 heteroatoms. The minimum atomic E-state index is 0. The molecule has 0 amide bonds. The molecule has 16 bridgehead atoms. The second-order valence-electron chi connectivity index (χ2n) is 21.6. The van der Waals surface area contributed by atoms with E-state index in [1.807, 2.05) is 48.5 Å². The second-order valence-corrected chi connectivity index (χ2v) is 21.6. The van der Waals surface area contributed by atoms with Gasteiger partial charge in [0.25, 0.3) is 0 Å². The molecule has 10 heterocycles. The van der Waals surface area contributed by atoms with E-state index >= 15 is 0 Å². The normalized spacial score (nSPS) is 12.0. The Labute approximate surface area is 544 Å². The van der Waals surface area contributed by atoms with E-state index in [4.69, 9.17) is 49.3 Å². The third-order valence-electron chi connectivity index (χ3n) is 16.5. The summed E-state index contributed by atoms with van der Waals surface area (Å²) in [5.41, 5.74) is 24.3. The van der Waals surface area contributed by atoms with Gasteiger partial charge in [0.2, 0.25) is 0 Å². The molecule has 4 aliphatic rings.